The topological polar surface area (TPSA) is 102 Å². The first kappa shape index (κ1) is 23.4. The van der Waals surface area contributed by atoms with Crippen LogP contribution in [0.25, 0.3) is 0 Å². The van der Waals surface area contributed by atoms with Crippen LogP contribution in [-0.2, 0) is 19.1 Å². The number of hydrogen-bond donors (Lipinski definition) is 2. The van der Waals surface area contributed by atoms with Gasteiger partial charge < -0.3 is 15.4 Å². The zero-order valence-corrected chi connectivity index (χ0v) is 17.7. The molecule has 7 nitrogen and oxygen atoms in total. The van der Waals surface area contributed by atoms with Gasteiger partial charge in [0, 0.05) is 29.1 Å². The normalized spacial score (nSPS) is 10.2. The summed E-state index contributed by atoms with van der Waals surface area (Å²) in [5.74, 6) is -1.54. The molecular weight excluding hydrogens is 431 g/mol. The van der Waals surface area contributed by atoms with E-state index in [-0.39, 0.29) is 36.0 Å². The van der Waals surface area contributed by atoms with Gasteiger partial charge in [-0.2, -0.15) is 0 Å². The Morgan fingerprint density at radius 2 is 1.70 bits per heavy atom. The van der Waals surface area contributed by atoms with Crippen LogP contribution in [0.2, 0.25) is 10.0 Å². The highest BCUT2D eigenvalue weighted by Gasteiger charge is 2.11. The molecule has 9 heteroatoms. The van der Waals surface area contributed by atoms with Crippen LogP contribution in [0.5, 0.6) is 0 Å². The molecule has 0 aromatic heterocycles. The fourth-order valence-electron chi connectivity index (χ4n) is 2.43. The quantitative estimate of drug-likeness (QED) is 0.432. The molecule has 0 heterocycles. The number of Topliss-reactive ketones (excluding diaryl/α,β-unsaturated/α-hetero) is 1. The number of rotatable bonds is 9. The zero-order chi connectivity index (χ0) is 22.1. The van der Waals surface area contributed by atoms with Gasteiger partial charge in [0.25, 0.3) is 5.91 Å². The van der Waals surface area contributed by atoms with Gasteiger partial charge in [0.2, 0.25) is 5.91 Å². The highest BCUT2D eigenvalue weighted by molar-refractivity contribution is 6.36. The second-order valence-electron chi connectivity index (χ2n) is 6.37. The zero-order valence-electron chi connectivity index (χ0n) is 16.2. The summed E-state index contributed by atoms with van der Waals surface area (Å²) in [6, 6.07) is 11.2. The van der Waals surface area contributed by atoms with Gasteiger partial charge in [-0.3, -0.25) is 19.2 Å². The molecule has 0 aliphatic heterocycles. The molecule has 0 bridgehead atoms. The predicted octanol–water partition coefficient (Wildman–Crippen LogP) is 4.49. The summed E-state index contributed by atoms with van der Waals surface area (Å²) >= 11 is 11.7. The van der Waals surface area contributed by atoms with Gasteiger partial charge >= 0.3 is 5.97 Å². The lowest BCUT2D eigenvalue weighted by atomic mass is 10.1. The van der Waals surface area contributed by atoms with Gasteiger partial charge in [-0.1, -0.05) is 35.3 Å². The van der Waals surface area contributed by atoms with E-state index >= 15 is 0 Å². The molecule has 0 aliphatic rings. The summed E-state index contributed by atoms with van der Waals surface area (Å²) in [4.78, 5) is 46.9. The second-order valence-corrected chi connectivity index (χ2v) is 7.22. The first-order chi connectivity index (χ1) is 14.2. The monoisotopic (exact) mass is 450 g/mol. The number of nitrogens with one attached hydrogen (secondary N) is 2. The molecule has 0 unspecified atom stereocenters. The highest BCUT2D eigenvalue weighted by Crippen LogP contribution is 2.25. The molecule has 0 atom stereocenters. The Morgan fingerprint density at radius 1 is 0.933 bits per heavy atom. The van der Waals surface area contributed by atoms with E-state index < -0.39 is 18.5 Å². The maximum atomic E-state index is 12.0. The third-order valence-corrected chi connectivity index (χ3v) is 4.45. The number of carbonyl (C=O) groups excluding carboxylic acids is 4. The molecule has 0 aliphatic carbocycles. The molecule has 2 rings (SSSR count). The van der Waals surface area contributed by atoms with Crippen molar-refractivity contribution in [2.45, 2.75) is 26.2 Å². The van der Waals surface area contributed by atoms with Crippen molar-refractivity contribution in [1.82, 2.24) is 0 Å². The van der Waals surface area contributed by atoms with Crippen LogP contribution in [0, 0.1) is 0 Å². The second kappa shape index (κ2) is 11.3. The van der Waals surface area contributed by atoms with Gasteiger partial charge in [-0.15, -0.1) is 0 Å². The lowest BCUT2D eigenvalue weighted by Crippen LogP contribution is -2.21. The summed E-state index contributed by atoms with van der Waals surface area (Å²) in [7, 11) is 0. The van der Waals surface area contributed by atoms with E-state index in [9.17, 15) is 19.2 Å². The Hall–Kier alpha value is -2.90. The molecule has 0 fully saturated rings. The van der Waals surface area contributed by atoms with Crippen molar-refractivity contribution in [3.05, 3.63) is 58.1 Å². The average Bonchev–Trinajstić information content (AvgIpc) is 2.68. The van der Waals surface area contributed by atoms with E-state index in [0.717, 1.165) is 0 Å². The third kappa shape index (κ3) is 7.85. The smallest absolute Gasteiger partial charge is 0.306 e. The van der Waals surface area contributed by atoms with Gasteiger partial charge in [-0.05, 0) is 43.7 Å². The molecule has 2 aromatic rings. The Labute approximate surface area is 183 Å². The molecule has 0 radical (unpaired) electrons. The summed E-state index contributed by atoms with van der Waals surface area (Å²) in [5, 5.41) is 5.88. The minimum Gasteiger partial charge on any atom is -0.456 e. The van der Waals surface area contributed by atoms with Crippen LogP contribution in [0.1, 0.15) is 36.5 Å². The maximum Gasteiger partial charge on any atom is 0.306 e. The third-order valence-electron chi connectivity index (χ3n) is 3.91. The van der Waals surface area contributed by atoms with Crippen molar-refractivity contribution in [3.8, 4) is 0 Å². The number of halogens is 2. The van der Waals surface area contributed by atoms with Crippen molar-refractivity contribution in [1.29, 1.82) is 0 Å². The lowest BCUT2D eigenvalue weighted by Gasteiger charge is -2.09. The first-order valence-corrected chi connectivity index (χ1v) is 9.81. The van der Waals surface area contributed by atoms with Crippen LogP contribution < -0.4 is 10.6 Å². The number of ketones is 1. The van der Waals surface area contributed by atoms with Crippen molar-refractivity contribution in [2.24, 2.45) is 0 Å². The molecule has 0 saturated heterocycles. The Morgan fingerprint density at radius 3 is 2.40 bits per heavy atom. The Bertz CT molecular complexity index is 962. The van der Waals surface area contributed by atoms with Crippen molar-refractivity contribution in [3.63, 3.8) is 0 Å². The van der Waals surface area contributed by atoms with Crippen molar-refractivity contribution < 1.29 is 23.9 Å². The maximum absolute atomic E-state index is 12.0. The minimum atomic E-state index is -0.598. The van der Waals surface area contributed by atoms with E-state index in [0.29, 0.717) is 22.0 Å². The summed E-state index contributed by atoms with van der Waals surface area (Å²) in [5.41, 5.74) is 1.36. The molecular formula is C21H20Cl2N2O5. The van der Waals surface area contributed by atoms with E-state index in [1.54, 1.807) is 30.3 Å². The summed E-state index contributed by atoms with van der Waals surface area (Å²) in [6.07, 6.45) is 0.323. The van der Waals surface area contributed by atoms with E-state index in [1.165, 1.54) is 19.1 Å². The minimum absolute atomic E-state index is 0.0180. The fraction of sp³-hybridized carbons (Fsp3) is 0.238. The number of amides is 2. The number of carbonyl (C=O) groups is 4. The molecule has 2 N–H and O–H groups in total. The van der Waals surface area contributed by atoms with Crippen LogP contribution in [0.3, 0.4) is 0 Å². The highest BCUT2D eigenvalue weighted by atomic mass is 35.5. The van der Waals surface area contributed by atoms with Crippen LogP contribution in [0.15, 0.2) is 42.5 Å². The number of ether oxygens (including phenoxy) is 1. The average molecular weight is 451 g/mol. The van der Waals surface area contributed by atoms with Gasteiger partial charge in [-0.25, -0.2) is 0 Å². The molecule has 158 valence electrons. The van der Waals surface area contributed by atoms with Crippen LogP contribution in [0.4, 0.5) is 11.4 Å². The fourth-order valence-corrected chi connectivity index (χ4v) is 2.88. The largest absolute Gasteiger partial charge is 0.456 e. The van der Waals surface area contributed by atoms with Crippen LogP contribution in [-0.4, -0.2) is 30.2 Å². The Kier molecular flexibility index (Phi) is 8.83. The van der Waals surface area contributed by atoms with Crippen LogP contribution >= 0.6 is 23.2 Å². The number of anilines is 2. The summed E-state index contributed by atoms with van der Waals surface area (Å²) < 4.78 is 4.89. The van der Waals surface area contributed by atoms with Crippen molar-refractivity contribution in [2.75, 3.05) is 17.2 Å². The van der Waals surface area contributed by atoms with E-state index in [2.05, 4.69) is 10.6 Å². The molecule has 2 aromatic carbocycles. The van der Waals surface area contributed by atoms with Gasteiger partial charge in [0.05, 0.1) is 10.7 Å². The molecule has 0 spiro atoms. The summed E-state index contributed by atoms with van der Waals surface area (Å²) in [6.45, 7) is 0.971. The van der Waals surface area contributed by atoms with Gasteiger partial charge in [0.15, 0.2) is 12.4 Å². The molecule has 0 saturated carbocycles. The van der Waals surface area contributed by atoms with E-state index in [1.807, 2.05) is 0 Å². The molecule has 2 amide bonds. The standard InChI is InChI=1S/C21H20Cl2N2O5/c1-13(26)14-4-2-5-16(10-14)24-19(27)6-3-7-21(29)30-12-20(28)25-18-9-8-15(22)11-17(18)23/h2,4-5,8-11H,3,6-7,12H2,1H3,(H,24,27)(H,25,28). The number of hydrogen-bond acceptors (Lipinski definition) is 5. The van der Waals surface area contributed by atoms with Gasteiger partial charge in [0.1, 0.15) is 0 Å². The van der Waals surface area contributed by atoms with Crippen molar-refractivity contribution >= 4 is 58.1 Å². The Balaban J connectivity index is 1.68. The van der Waals surface area contributed by atoms with E-state index in [4.69, 9.17) is 27.9 Å². The SMILES string of the molecule is CC(=O)c1cccc(NC(=O)CCCC(=O)OCC(=O)Nc2ccc(Cl)cc2Cl)c1. The number of benzene rings is 2. The predicted molar refractivity (Wildman–Crippen MR) is 115 cm³/mol. The lowest BCUT2D eigenvalue weighted by molar-refractivity contribution is -0.147. The first-order valence-electron chi connectivity index (χ1n) is 9.06. The molecule has 30 heavy (non-hydrogen) atoms. The number of esters is 1.